The Labute approximate surface area is 192 Å². The van der Waals surface area contributed by atoms with E-state index in [2.05, 4.69) is 20.4 Å². The SMILES string of the molecule is CSc1nc2nc(C)c(CC(=O)NCc3ccc(S(=O)(=O)N(C)C(C)C)cc3)c(C)n2n1. The molecule has 0 saturated carbocycles. The second-order valence-electron chi connectivity index (χ2n) is 7.78. The normalized spacial score (nSPS) is 12.1. The van der Waals surface area contributed by atoms with Gasteiger partial charge in [0.25, 0.3) is 5.78 Å². The summed E-state index contributed by atoms with van der Waals surface area (Å²) in [4.78, 5) is 21.6. The highest BCUT2D eigenvalue weighted by Crippen LogP contribution is 2.18. The topological polar surface area (TPSA) is 110 Å². The molecule has 32 heavy (non-hydrogen) atoms. The van der Waals surface area contributed by atoms with Crippen LogP contribution in [0.25, 0.3) is 5.78 Å². The predicted molar refractivity (Wildman–Crippen MR) is 124 cm³/mol. The number of rotatable bonds is 8. The van der Waals surface area contributed by atoms with Crippen LogP contribution in [0.5, 0.6) is 0 Å². The number of fused-ring (bicyclic) bond motifs is 1. The van der Waals surface area contributed by atoms with Crippen LogP contribution >= 0.6 is 11.8 Å². The van der Waals surface area contributed by atoms with Gasteiger partial charge >= 0.3 is 0 Å². The molecule has 172 valence electrons. The Hall–Kier alpha value is -2.50. The predicted octanol–water partition coefficient (Wildman–Crippen LogP) is 2.35. The molecule has 2 aromatic heterocycles. The van der Waals surface area contributed by atoms with Gasteiger partial charge in [-0.15, -0.1) is 5.10 Å². The number of nitrogens with one attached hydrogen (secondary N) is 1. The van der Waals surface area contributed by atoms with Gasteiger partial charge in [-0.25, -0.2) is 17.9 Å². The minimum Gasteiger partial charge on any atom is -0.352 e. The summed E-state index contributed by atoms with van der Waals surface area (Å²) in [7, 11) is -1.97. The molecule has 0 bridgehead atoms. The van der Waals surface area contributed by atoms with E-state index in [4.69, 9.17) is 0 Å². The van der Waals surface area contributed by atoms with Crippen molar-refractivity contribution in [1.29, 1.82) is 0 Å². The Morgan fingerprint density at radius 1 is 1.19 bits per heavy atom. The molecule has 3 aromatic rings. The fourth-order valence-corrected chi connectivity index (χ4v) is 4.88. The van der Waals surface area contributed by atoms with E-state index in [1.165, 1.54) is 16.1 Å². The van der Waals surface area contributed by atoms with Crippen LogP contribution in [0.3, 0.4) is 0 Å². The van der Waals surface area contributed by atoms with Crippen LogP contribution < -0.4 is 5.32 Å². The van der Waals surface area contributed by atoms with Gasteiger partial charge in [0.2, 0.25) is 21.1 Å². The molecule has 9 nitrogen and oxygen atoms in total. The number of nitrogens with zero attached hydrogens (tertiary/aromatic N) is 5. The van der Waals surface area contributed by atoms with E-state index in [1.807, 2.05) is 34.0 Å². The van der Waals surface area contributed by atoms with Crippen molar-refractivity contribution in [2.45, 2.75) is 56.8 Å². The number of aryl methyl sites for hydroxylation is 2. The van der Waals surface area contributed by atoms with Crippen molar-refractivity contribution in [1.82, 2.24) is 29.2 Å². The summed E-state index contributed by atoms with van der Waals surface area (Å²) < 4.78 is 28.1. The molecule has 0 aliphatic heterocycles. The molecular formula is C21H28N6O3S2. The molecule has 0 spiro atoms. The Bertz CT molecular complexity index is 1240. The highest BCUT2D eigenvalue weighted by Gasteiger charge is 2.23. The van der Waals surface area contributed by atoms with Crippen LogP contribution in [0.1, 0.15) is 36.4 Å². The van der Waals surface area contributed by atoms with Crippen LogP contribution in [0.2, 0.25) is 0 Å². The van der Waals surface area contributed by atoms with Crippen LogP contribution in [-0.4, -0.2) is 57.6 Å². The third-order valence-electron chi connectivity index (χ3n) is 5.37. The summed E-state index contributed by atoms with van der Waals surface area (Å²) in [5.74, 6) is 0.366. The first kappa shape index (κ1) is 24.1. The lowest BCUT2D eigenvalue weighted by atomic mass is 10.1. The Kier molecular flexibility index (Phi) is 7.21. The maximum Gasteiger partial charge on any atom is 0.253 e. The quantitative estimate of drug-likeness (QED) is 0.497. The molecule has 1 amide bonds. The molecule has 0 fully saturated rings. The summed E-state index contributed by atoms with van der Waals surface area (Å²) in [5, 5.41) is 7.93. The summed E-state index contributed by atoms with van der Waals surface area (Å²) in [6, 6.07) is 6.42. The number of amides is 1. The largest absolute Gasteiger partial charge is 0.352 e. The monoisotopic (exact) mass is 476 g/mol. The number of thioether (sulfide) groups is 1. The van der Waals surface area contributed by atoms with E-state index in [1.54, 1.807) is 35.8 Å². The molecule has 0 radical (unpaired) electrons. The zero-order valence-corrected chi connectivity index (χ0v) is 20.7. The van der Waals surface area contributed by atoms with Crippen molar-refractivity contribution in [3.05, 3.63) is 46.8 Å². The molecule has 0 saturated heterocycles. The lowest BCUT2D eigenvalue weighted by molar-refractivity contribution is -0.120. The number of hydrogen-bond donors (Lipinski definition) is 1. The highest BCUT2D eigenvalue weighted by atomic mass is 32.2. The van der Waals surface area contributed by atoms with Crippen LogP contribution in [0.15, 0.2) is 34.3 Å². The number of benzene rings is 1. The zero-order chi connectivity index (χ0) is 23.6. The second-order valence-corrected chi connectivity index (χ2v) is 10.6. The fraction of sp³-hybridized carbons (Fsp3) is 0.429. The Morgan fingerprint density at radius 2 is 1.84 bits per heavy atom. The fourth-order valence-electron chi connectivity index (χ4n) is 3.18. The molecule has 0 unspecified atom stereocenters. The van der Waals surface area contributed by atoms with Gasteiger partial charge in [0.15, 0.2) is 0 Å². The Morgan fingerprint density at radius 3 is 2.44 bits per heavy atom. The van der Waals surface area contributed by atoms with Gasteiger partial charge in [-0.1, -0.05) is 23.9 Å². The van der Waals surface area contributed by atoms with Crippen molar-refractivity contribution in [2.24, 2.45) is 0 Å². The van der Waals surface area contributed by atoms with E-state index in [-0.39, 0.29) is 23.3 Å². The lowest BCUT2D eigenvalue weighted by Gasteiger charge is -2.21. The minimum absolute atomic E-state index is 0.135. The van der Waals surface area contributed by atoms with E-state index >= 15 is 0 Å². The molecular weight excluding hydrogens is 448 g/mol. The molecule has 0 aliphatic carbocycles. The van der Waals surface area contributed by atoms with Gasteiger partial charge in [0.1, 0.15) is 0 Å². The van der Waals surface area contributed by atoms with Gasteiger partial charge in [0, 0.05) is 36.6 Å². The van der Waals surface area contributed by atoms with Gasteiger partial charge in [0.05, 0.1) is 11.3 Å². The molecule has 1 aromatic carbocycles. The number of sulfonamides is 1. The first-order chi connectivity index (χ1) is 15.0. The third-order valence-corrected chi connectivity index (χ3v) is 7.95. The van der Waals surface area contributed by atoms with Crippen LogP contribution in [0, 0.1) is 13.8 Å². The van der Waals surface area contributed by atoms with Crippen LogP contribution in [-0.2, 0) is 27.8 Å². The molecule has 3 rings (SSSR count). The van der Waals surface area contributed by atoms with Crippen molar-refractivity contribution in [3.63, 3.8) is 0 Å². The third kappa shape index (κ3) is 4.94. The van der Waals surface area contributed by atoms with Crippen molar-refractivity contribution < 1.29 is 13.2 Å². The molecule has 0 aliphatic rings. The van der Waals surface area contributed by atoms with E-state index in [0.717, 1.165) is 22.5 Å². The molecule has 0 atom stereocenters. The van der Waals surface area contributed by atoms with E-state index in [0.29, 0.717) is 17.5 Å². The molecule has 1 N–H and O–H groups in total. The summed E-state index contributed by atoms with van der Waals surface area (Å²) in [5.41, 5.74) is 3.20. The summed E-state index contributed by atoms with van der Waals surface area (Å²) in [6.45, 7) is 7.70. The maximum atomic E-state index is 12.6. The van der Waals surface area contributed by atoms with Gasteiger partial charge in [-0.2, -0.15) is 9.29 Å². The van der Waals surface area contributed by atoms with Gasteiger partial charge in [-0.3, -0.25) is 4.79 Å². The minimum atomic E-state index is -3.53. The first-order valence-corrected chi connectivity index (χ1v) is 12.8. The standard InChI is InChI=1S/C21H28N6O3S2/c1-13(2)26(5)32(29,30)17-9-7-16(8-10-17)12-22-19(28)11-18-14(3)23-20-24-21(31-6)25-27(20)15(18)4/h7-10,13H,11-12H2,1-6H3,(H,22,28). The second kappa shape index (κ2) is 9.55. The van der Waals surface area contributed by atoms with E-state index < -0.39 is 10.0 Å². The number of carbonyl (C=O) groups is 1. The Balaban J connectivity index is 1.68. The lowest BCUT2D eigenvalue weighted by Crippen LogP contribution is -2.33. The zero-order valence-electron chi connectivity index (χ0n) is 19.1. The van der Waals surface area contributed by atoms with Crippen molar-refractivity contribution in [2.75, 3.05) is 13.3 Å². The molecule has 2 heterocycles. The average Bonchev–Trinajstić information content (AvgIpc) is 3.18. The average molecular weight is 477 g/mol. The highest BCUT2D eigenvalue weighted by molar-refractivity contribution is 7.98. The summed E-state index contributed by atoms with van der Waals surface area (Å²) >= 11 is 1.44. The molecule has 11 heteroatoms. The van der Waals surface area contributed by atoms with Crippen molar-refractivity contribution in [3.8, 4) is 0 Å². The number of hydrogen-bond acceptors (Lipinski definition) is 7. The van der Waals surface area contributed by atoms with E-state index in [9.17, 15) is 13.2 Å². The summed E-state index contributed by atoms with van der Waals surface area (Å²) in [6.07, 6.45) is 2.07. The first-order valence-electron chi connectivity index (χ1n) is 10.1. The number of carbonyl (C=O) groups excluding carboxylic acids is 1. The van der Waals surface area contributed by atoms with Gasteiger partial charge < -0.3 is 5.32 Å². The number of aromatic nitrogens is 4. The van der Waals surface area contributed by atoms with Crippen molar-refractivity contribution >= 4 is 33.5 Å². The smallest absolute Gasteiger partial charge is 0.253 e. The van der Waals surface area contributed by atoms with Gasteiger partial charge in [-0.05, 0) is 51.6 Å². The van der Waals surface area contributed by atoms with Crippen LogP contribution in [0.4, 0.5) is 0 Å². The maximum absolute atomic E-state index is 12.6.